The molecule has 0 fully saturated rings. The summed E-state index contributed by atoms with van der Waals surface area (Å²) >= 11 is 2.83. The SMILES string of the molecule is CCC(C(=O)Nc1nnc(SC(C)C)s1)N(c1cccc(C)c1)S(C)(=O)=O. The minimum Gasteiger partial charge on any atom is -0.299 e. The molecule has 148 valence electrons. The largest absolute Gasteiger partial charge is 0.299 e. The Morgan fingerprint density at radius 2 is 2.04 bits per heavy atom. The van der Waals surface area contributed by atoms with E-state index in [0.29, 0.717) is 22.5 Å². The minimum atomic E-state index is -3.66. The lowest BCUT2D eigenvalue weighted by Gasteiger charge is -2.30. The highest BCUT2D eigenvalue weighted by molar-refractivity contribution is 8.01. The summed E-state index contributed by atoms with van der Waals surface area (Å²) in [4.78, 5) is 12.8. The van der Waals surface area contributed by atoms with E-state index in [1.54, 1.807) is 36.9 Å². The number of nitrogens with one attached hydrogen (secondary N) is 1. The molecule has 0 aliphatic carbocycles. The standard InChI is InChI=1S/C17H24N4O3S3/c1-6-14(15(22)18-16-19-20-17(26-16)25-11(2)3)21(27(5,23)24)13-9-7-8-12(4)10-13/h7-11,14H,6H2,1-5H3,(H,18,19,22). The number of carbonyl (C=O) groups excluding carboxylic acids is 1. The third-order valence-corrected chi connectivity index (χ3v) is 6.67. The third kappa shape index (κ3) is 5.91. The van der Waals surface area contributed by atoms with Gasteiger partial charge in [-0.2, -0.15) is 0 Å². The number of benzene rings is 1. The predicted octanol–water partition coefficient (Wildman–Crippen LogP) is 3.53. The van der Waals surface area contributed by atoms with Gasteiger partial charge in [0.25, 0.3) is 0 Å². The van der Waals surface area contributed by atoms with Crippen molar-refractivity contribution >= 4 is 49.8 Å². The van der Waals surface area contributed by atoms with Crippen molar-refractivity contribution in [1.82, 2.24) is 10.2 Å². The Labute approximate surface area is 168 Å². The van der Waals surface area contributed by atoms with E-state index in [0.717, 1.165) is 16.2 Å². The molecule has 2 rings (SSSR count). The fourth-order valence-corrected chi connectivity index (χ4v) is 5.71. The molecule has 1 N–H and O–H groups in total. The zero-order valence-electron chi connectivity index (χ0n) is 16.0. The molecule has 10 heteroatoms. The summed E-state index contributed by atoms with van der Waals surface area (Å²) < 4.78 is 26.8. The highest BCUT2D eigenvalue weighted by Crippen LogP contribution is 2.29. The van der Waals surface area contributed by atoms with E-state index >= 15 is 0 Å². The number of hydrogen-bond donors (Lipinski definition) is 1. The summed E-state index contributed by atoms with van der Waals surface area (Å²) in [6.45, 7) is 7.74. The topological polar surface area (TPSA) is 92.3 Å². The molecule has 0 aliphatic heterocycles. The van der Waals surface area contributed by atoms with Gasteiger partial charge < -0.3 is 0 Å². The maximum absolute atomic E-state index is 12.8. The Morgan fingerprint density at radius 1 is 1.33 bits per heavy atom. The molecular formula is C17H24N4O3S3. The van der Waals surface area contributed by atoms with Gasteiger partial charge in [-0.05, 0) is 31.0 Å². The van der Waals surface area contributed by atoms with E-state index in [4.69, 9.17) is 0 Å². The Balaban J connectivity index is 2.28. The number of anilines is 2. The first-order valence-corrected chi connectivity index (χ1v) is 12.0. The smallest absolute Gasteiger partial charge is 0.250 e. The Morgan fingerprint density at radius 3 is 2.59 bits per heavy atom. The number of hydrogen-bond acceptors (Lipinski definition) is 7. The number of aryl methyl sites for hydroxylation is 1. The number of nitrogens with zero attached hydrogens (tertiary/aromatic N) is 3. The molecule has 0 aliphatic rings. The number of rotatable bonds is 8. The second kappa shape index (κ2) is 9.03. The van der Waals surface area contributed by atoms with E-state index in [2.05, 4.69) is 15.5 Å². The first-order chi connectivity index (χ1) is 12.6. The Bertz CT molecular complexity index is 896. The van der Waals surface area contributed by atoms with Gasteiger partial charge in [0.05, 0.1) is 11.9 Å². The van der Waals surface area contributed by atoms with Crippen LogP contribution in [0.15, 0.2) is 28.6 Å². The molecule has 2 aromatic rings. The second-order valence-electron chi connectivity index (χ2n) is 6.35. The van der Waals surface area contributed by atoms with Crippen LogP contribution in [0.3, 0.4) is 0 Å². The van der Waals surface area contributed by atoms with Gasteiger partial charge in [-0.1, -0.05) is 56.0 Å². The van der Waals surface area contributed by atoms with E-state index in [9.17, 15) is 13.2 Å². The van der Waals surface area contributed by atoms with Crippen molar-refractivity contribution < 1.29 is 13.2 Å². The molecule has 1 aromatic carbocycles. The van der Waals surface area contributed by atoms with Crippen LogP contribution in [0.25, 0.3) is 0 Å². The summed E-state index contributed by atoms with van der Waals surface area (Å²) in [6, 6.07) is 6.20. The average Bonchev–Trinajstić information content (AvgIpc) is 2.97. The second-order valence-corrected chi connectivity index (χ2v) is 11.0. The van der Waals surface area contributed by atoms with Crippen LogP contribution >= 0.6 is 23.1 Å². The van der Waals surface area contributed by atoms with Crippen LogP contribution in [0, 0.1) is 6.92 Å². The highest BCUT2D eigenvalue weighted by Gasteiger charge is 2.32. The van der Waals surface area contributed by atoms with Crippen LogP contribution in [-0.4, -0.2) is 42.1 Å². The fraction of sp³-hybridized carbons (Fsp3) is 0.471. The van der Waals surface area contributed by atoms with Crippen molar-refractivity contribution in [2.24, 2.45) is 0 Å². The monoisotopic (exact) mass is 428 g/mol. The van der Waals surface area contributed by atoms with Gasteiger partial charge in [-0.15, -0.1) is 10.2 Å². The quantitative estimate of drug-likeness (QED) is 0.511. The summed E-state index contributed by atoms with van der Waals surface area (Å²) in [5.41, 5.74) is 1.38. The van der Waals surface area contributed by atoms with Gasteiger partial charge in [0.15, 0.2) is 4.34 Å². The molecule has 0 saturated heterocycles. The van der Waals surface area contributed by atoms with Crippen molar-refractivity contribution in [2.75, 3.05) is 15.9 Å². The van der Waals surface area contributed by atoms with E-state index in [1.165, 1.54) is 15.6 Å². The van der Waals surface area contributed by atoms with Crippen molar-refractivity contribution in [2.45, 2.75) is 49.7 Å². The fourth-order valence-electron chi connectivity index (χ4n) is 2.52. The first-order valence-electron chi connectivity index (χ1n) is 8.49. The van der Waals surface area contributed by atoms with Crippen LogP contribution in [0.1, 0.15) is 32.8 Å². The van der Waals surface area contributed by atoms with Crippen LogP contribution in [0.5, 0.6) is 0 Å². The first kappa shape index (κ1) is 21.6. The van der Waals surface area contributed by atoms with Crippen LogP contribution in [0.2, 0.25) is 0 Å². The zero-order chi connectivity index (χ0) is 20.2. The molecule has 0 saturated carbocycles. The number of amides is 1. The molecule has 27 heavy (non-hydrogen) atoms. The van der Waals surface area contributed by atoms with Crippen molar-refractivity contribution in [3.8, 4) is 0 Å². The van der Waals surface area contributed by atoms with E-state index in [-0.39, 0.29) is 0 Å². The molecule has 1 aromatic heterocycles. The molecule has 7 nitrogen and oxygen atoms in total. The van der Waals surface area contributed by atoms with Gasteiger partial charge >= 0.3 is 0 Å². The summed E-state index contributed by atoms with van der Waals surface area (Å²) in [5.74, 6) is -0.429. The number of carbonyl (C=O) groups is 1. The maximum atomic E-state index is 12.8. The average molecular weight is 429 g/mol. The van der Waals surface area contributed by atoms with Gasteiger partial charge in [-0.25, -0.2) is 8.42 Å². The van der Waals surface area contributed by atoms with Crippen LogP contribution in [0.4, 0.5) is 10.8 Å². The highest BCUT2D eigenvalue weighted by atomic mass is 32.2. The van der Waals surface area contributed by atoms with Crippen LogP contribution < -0.4 is 9.62 Å². The molecule has 1 unspecified atom stereocenters. The van der Waals surface area contributed by atoms with Gasteiger partial charge in [0.1, 0.15) is 6.04 Å². The molecule has 0 radical (unpaired) electrons. The molecule has 1 atom stereocenters. The number of sulfonamides is 1. The summed E-state index contributed by atoms with van der Waals surface area (Å²) in [7, 11) is -3.66. The molecular weight excluding hydrogens is 404 g/mol. The lowest BCUT2D eigenvalue weighted by molar-refractivity contribution is -0.117. The van der Waals surface area contributed by atoms with Crippen molar-refractivity contribution in [1.29, 1.82) is 0 Å². The molecule has 1 amide bonds. The van der Waals surface area contributed by atoms with Gasteiger partial charge in [0.2, 0.25) is 21.1 Å². The van der Waals surface area contributed by atoms with E-state index < -0.39 is 22.0 Å². The minimum absolute atomic E-state index is 0.319. The predicted molar refractivity (Wildman–Crippen MR) is 112 cm³/mol. The number of thioether (sulfide) groups is 1. The summed E-state index contributed by atoms with van der Waals surface area (Å²) in [5, 5.41) is 11.4. The Kier molecular flexibility index (Phi) is 7.24. The maximum Gasteiger partial charge on any atom is 0.250 e. The van der Waals surface area contributed by atoms with Gasteiger partial charge in [0, 0.05) is 5.25 Å². The van der Waals surface area contributed by atoms with E-state index in [1.807, 2.05) is 26.8 Å². The molecule has 0 bridgehead atoms. The third-order valence-electron chi connectivity index (χ3n) is 3.56. The normalized spacial score (nSPS) is 12.8. The zero-order valence-corrected chi connectivity index (χ0v) is 18.4. The van der Waals surface area contributed by atoms with Crippen molar-refractivity contribution in [3.05, 3.63) is 29.8 Å². The lowest BCUT2D eigenvalue weighted by Crippen LogP contribution is -2.47. The van der Waals surface area contributed by atoms with Crippen LogP contribution in [-0.2, 0) is 14.8 Å². The van der Waals surface area contributed by atoms with Crippen molar-refractivity contribution in [3.63, 3.8) is 0 Å². The summed E-state index contributed by atoms with van der Waals surface area (Å²) in [6.07, 6.45) is 1.42. The molecule has 0 spiro atoms. The number of aromatic nitrogens is 2. The molecule has 1 heterocycles. The Hall–Kier alpha value is -1.65. The lowest BCUT2D eigenvalue weighted by atomic mass is 10.1. The van der Waals surface area contributed by atoms with Gasteiger partial charge in [-0.3, -0.25) is 14.4 Å².